The predicted molar refractivity (Wildman–Crippen MR) is 86.6 cm³/mol. The quantitative estimate of drug-likeness (QED) is 0.790. The molecule has 0 fully saturated rings. The molecule has 0 heterocycles. The van der Waals surface area contributed by atoms with Gasteiger partial charge in [-0.1, -0.05) is 45.7 Å². The van der Waals surface area contributed by atoms with E-state index in [-0.39, 0.29) is 11.8 Å². The topological polar surface area (TPSA) is 58.2 Å². The summed E-state index contributed by atoms with van der Waals surface area (Å²) in [5.74, 6) is -0.130. The molecule has 0 aromatic heterocycles. The number of carbonyl (C=O) groups excluding carboxylic acids is 2. The second-order valence-corrected chi connectivity index (χ2v) is 6.76. The van der Waals surface area contributed by atoms with Crippen LogP contribution in [-0.4, -0.2) is 24.9 Å². The maximum atomic E-state index is 12.2. The van der Waals surface area contributed by atoms with Gasteiger partial charge in [-0.15, -0.1) is 0 Å². The molecule has 0 aliphatic heterocycles. The van der Waals surface area contributed by atoms with Crippen LogP contribution in [0, 0.1) is 5.92 Å². The Balaban J connectivity index is 2.87. The van der Waals surface area contributed by atoms with Crippen molar-refractivity contribution in [1.29, 1.82) is 0 Å². The van der Waals surface area contributed by atoms with Gasteiger partial charge < -0.3 is 10.6 Å². The lowest BCUT2D eigenvalue weighted by molar-refractivity contribution is -0.122. The van der Waals surface area contributed by atoms with E-state index in [9.17, 15) is 9.59 Å². The summed E-state index contributed by atoms with van der Waals surface area (Å²) in [7, 11) is 1.57. The summed E-state index contributed by atoms with van der Waals surface area (Å²) in [6.07, 6.45) is 0.598. The van der Waals surface area contributed by atoms with Crippen LogP contribution in [0.4, 0.5) is 0 Å². The number of carbonyl (C=O) groups is 2. The first kappa shape index (κ1) is 17.2. The molecule has 0 bridgehead atoms. The maximum Gasteiger partial charge on any atom is 0.252 e. The van der Waals surface area contributed by atoms with Gasteiger partial charge in [-0.25, -0.2) is 0 Å². The van der Waals surface area contributed by atoms with Crippen LogP contribution >= 0.6 is 31.9 Å². The molecule has 0 radical (unpaired) electrons. The van der Waals surface area contributed by atoms with E-state index in [0.29, 0.717) is 17.9 Å². The molecule has 2 N–H and O–H groups in total. The molecule has 0 saturated heterocycles. The van der Waals surface area contributed by atoms with Gasteiger partial charge >= 0.3 is 0 Å². The standard InChI is InChI=1S/C14H18Br2N2O2/c1-8(2)4-12(14(20)17-3)18-13(19)9-5-10(15)7-11(16)6-9/h5-8,12H,4H2,1-3H3,(H,17,20)(H,18,19). The van der Waals surface area contributed by atoms with E-state index in [0.717, 1.165) is 8.95 Å². The fraction of sp³-hybridized carbons (Fsp3) is 0.429. The van der Waals surface area contributed by atoms with Crippen molar-refractivity contribution in [3.8, 4) is 0 Å². The Hall–Kier alpha value is -0.880. The Bertz CT molecular complexity index is 484. The minimum absolute atomic E-state index is 0.180. The second-order valence-electron chi connectivity index (χ2n) is 4.93. The van der Waals surface area contributed by atoms with Crippen molar-refractivity contribution >= 4 is 43.7 Å². The highest BCUT2D eigenvalue weighted by Gasteiger charge is 2.21. The summed E-state index contributed by atoms with van der Waals surface area (Å²) < 4.78 is 1.61. The van der Waals surface area contributed by atoms with Gasteiger partial charge in [-0.3, -0.25) is 9.59 Å². The molecule has 1 unspecified atom stereocenters. The number of nitrogens with one attached hydrogen (secondary N) is 2. The first-order valence-electron chi connectivity index (χ1n) is 6.32. The predicted octanol–water partition coefficient (Wildman–Crippen LogP) is 3.10. The summed E-state index contributed by atoms with van der Waals surface area (Å²) in [6, 6.07) is 4.76. The molecule has 1 rings (SSSR count). The number of amides is 2. The lowest BCUT2D eigenvalue weighted by atomic mass is 10.0. The Morgan fingerprint density at radius 2 is 1.70 bits per heavy atom. The molecule has 110 valence electrons. The van der Waals surface area contributed by atoms with Gasteiger partial charge in [-0.2, -0.15) is 0 Å². The van der Waals surface area contributed by atoms with E-state index < -0.39 is 6.04 Å². The molecule has 1 atom stereocenters. The number of likely N-dealkylation sites (N-methyl/N-ethyl adjacent to an activating group) is 1. The molecule has 0 aliphatic carbocycles. The Morgan fingerprint density at radius 1 is 1.15 bits per heavy atom. The zero-order valence-electron chi connectivity index (χ0n) is 11.7. The van der Waals surface area contributed by atoms with Crippen LogP contribution in [0.25, 0.3) is 0 Å². The molecular weight excluding hydrogens is 388 g/mol. The van der Waals surface area contributed by atoms with E-state index in [4.69, 9.17) is 0 Å². The zero-order chi connectivity index (χ0) is 15.3. The summed E-state index contributed by atoms with van der Waals surface area (Å²) in [6.45, 7) is 4.02. The van der Waals surface area contributed by atoms with Gasteiger partial charge in [-0.05, 0) is 30.5 Å². The second kappa shape index (κ2) is 7.78. The third-order valence-electron chi connectivity index (χ3n) is 2.70. The van der Waals surface area contributed by atoms with Gasteiger partial charge in [0.2, 0.25) is 5.91 Å². The van der Waals surface area contributed by atoms with E-state index in [2.05, 4.69) is 42.5 Å². The van der Waals surface area contributed by atoms with Gasteiger partial charge in [0.25, 0.3) is 5.91 Å². The summed E-state index contributed by atoms with van der Waals surface area (Å²) in [5, 5.41) is 5.35. The number of benzene rings is 1. The normalized spacial score (nSPS) is 12.1. The van der Waals surface area contributed by atoms with Crippen LogP contribution in [0.15, 0.2) is 27.1 Å². The highest BCUT2D eigenvalue weighted by atomic mass is 79.9. The van der Waals surface area contributed by atoms with E-state index in [1.807, 2.05) is 19.9 Å². The highest BCUT2D eigenvalue weighted by Crippen LogP contribution is 2.20. The number of rotatable bonds is 5. The van der Waals surface area contributed by atoms with E-state index in [1.54, 1.807) is 19.2 Å². The molecular formula is C14H18Br2N2O2. The van der Waals surface area contributed by atoms with Crippen LogP contribution in [-0.2, 0) is 4.79 Å². The molecule has 4 nitrogen and oxygen atoms in total. The van der Waals surface area contributed by atoms with Crippen LogP contribution in [0.5, 0.6) is 0 Å². The molecule has 1 aromatic carbocycles. The summed E-state index contributed by atoms with van der Waals surface area (Å²) in [4.78, 5) is 24.0. The Morgan fingerprint density at radius 3 is 2.15 bits per heavy atom. The minimum atomic E-state index is -0.523. The number of hydrogen-bond donors (Lipinski definition) is 2. The van der Waals surface area contributed by atoms with Crippen LogP contribution < -0.4 is 10.6 Å². The van der Waals surface area contributed by atoms with Crippen LogP contribution in [0.2, 0.25) is 0 Å². The first-order chi connectivity index (χ1) is 9.33. The van der Waals surface area contributed by atoms with Crippen LogP contribution in [0.1, 0.15) is 30.6 Å². The van der Waals surface area contributed by atoms with Crippen molar-refractivity contribution in [2.45, 2.75) is 26.3 Å². The van der Waals surface area contributed by atoms with Gasteiger partial charge in [0, 0.05) is 21.6 Å². The van der Waals surface area contributed by atoms with E-state index in [1.165, 1.54) is 0 Å². The molecule has 20 heavy (non-hydrogen) atoms. The highest BCUT2D eigenvalue weighted by molar-refractivity contribution is 9.11. The van der Waals surface area contributed by atoms with Gasteiger partial charge in [0.05, 0.1) is 0 Å². The SMILES string of the molecule is CNC(=O)C(CC(C)C)NC(=O)c1cc(Br)cc(Br)c1. The molecule has 2 amide bonds. The lowest BCUT2D eigenvalue weighted by Crippen LogP contribution is -2.46. The largest absolute Gasteiger partial charge is 0.357 e. The van der Waals surface area contributed by atoms with Crippen molar-refractivity contribution in [2.24, 2.45) is 5.92 Å². The zero-order valence-corrected chi connectivity index (χ0v) is 14.8. The maximum absolute atomic E-state index is 12.2. The monoisotopic (exact) mass is 404 g/mol. The van der Waals surface area contributed by atoms with Gasteiger partial charge in [0.15, 0.2) is 0 Å². The van der Waals surface area contributed by atoms with Gasteiger partial charge in [0.1, 0.15) is 6.04 Å². The average Bonchev–Trinajstić information content (AvgIpc) is 2.35. The van der Waals surface area contributed by atoms with E-state index >= 15 is 0 Å². The van der Waals surface area contributed by atoms with Crippen LogP contribution in [0.3, 0.4) is 0 Å². The lowest BCUT2D eigenvalue weighted by Gasteiger charge is -2.19. The molecule has 1 aromatic rings. The van der Waals surface area contributed by atoms with Crippen molar-refractivity contribution < 1.29 is 9.59 Å². The third-order valence-corrected chi connectivity index (χ3v) is 3.62. The van der Waals surface area contributed by atoms with Crippen molar-refractivity contribution in [2.75, 3.05) is 7.05 Å². The fourth-order valence-corrected chi connectivity index (χ4v) is 3.10. The minimum Gasteiger partial charge on any atom is -0.357 e. The first-order valence-corrected chi connectivity index (χ1v) is 7.90. The average molecular weight is 406 g/mol. The van der Waals surface area contributed by atoms with Crippen molar-refractivity contribution in [3.05, 3.63) is 32.7 Å². The van der Waals surface area contributed by atoms with Crippen molar-refractivity contribution in [1.82, 2.24) is 10.6 Å². The summed E-state index contributed by atoms with van der Waals surface area (Å²) >= 11 is 6.68. The molecule has 0 aliphatic rings. The smallest absolute Gasteiger partial charge is 0.252 e. The molecule has 0 spiro atoms. The third kappa shape index (κ3) is 5.25. The Kier molecular flexibility index (Phi) is 6.68. The molecule has 6 heteroatoms. The summed E-state index contributed by atoms with van der Waals surface area (Å²) in [5.41, 5.74) is 0.504. The number of halogens is 2. The van der Waals surface area contributed by atoms with Crippen molar-refractivity contribution in [3.63, 3.8) is 0 Å². The number of hydrogen-bond acceptors (Lipinski definition) is 2. The fourth-order valence-electron chi connectivity index (χ4n) is 1.80. The molecule has 0 saturated carbocycles. The Labute approximate surface area is 136 Å².